The van der Waals surface area contributed by atoms with E-state index in [1.807, 2.05) is 0 Å². The van der Waals surface area contributed by atoms with Crippen molar-refractivity contribution >= 4 is 0 Å². The van der Waals surface area contributed by atoms with Gasteiger partial charge in [0.2, 0.25) is 0 Å². The predicted octanol–water partition coefficient (Wildman–Crippen LogP) is 3.38. The molecule has 1 heterocycles. The smallest absolute Gasteiger partial charge is 0.0218 e. The fourth-order valence-electron chi connectivity index (χ4n) is 3.29. The highest BCUT2D eigenvalue weighted by molar-refractivity contribution is 4.86. The van der Waals surface area contributed by atoms with Gasteiger partial charge in [-0.15, -0.1) is 0 Å². The Morgan fingerprint density at radius 3 is 2.11 bits per heavy atom. The van der Waals surface area contributed by atoms with Crippen molar-refractivity contribution in [3.63, 3.8) is 0 Å². The van der Waals surface area contributed by atoms with E-state index < -0.39 is 0 Å². The third kappa shape index (κ3) is 4.24. The second-order valence-electron chi connectivity index (χ2n) is 6.68. The highest BCUT2D eigenvalue weighted by Gasteiger charge is 2.29. The minimum absolute atomic E-state index is 0.702. The summed E-state index contributed by atoms with van der Waals surface area (Å²) in [4.78, 5) is 2.76. The zero-order chi connectivity index (χ0) is 13.7. The quantitative estimate of drug-likeness (QED) is 0.782. The SMILES string of the molecule is CCC1CN(CC(C(C)C)C(C)C)C(CC)CN1. The zero-order valence-electron chi connectivity index (χ0n) is 13.4. The molecule has 2 atom stereocenters. The van der Waals surface area contributed by atoms with E-state index in [9.17, 15) is 0 Å². The Balaban J connectivity index is 2.64. The number of nitrogens with one attached hydrogen (secondary N) is 1. The molecule has 108 valence electrons. The first-order valence-electron chi connectivity index (χ1n) is 7.96. The van der Waals surface area contributed by atoms with E-state index in [-0.39, 0.29) is 0 Å². The normalized spacial score (nSPS) is 26.5. The lowest BCUT2D eigenvalue weighted by Gasteiger charge is -2.43. The van der Waals surface area contributed by atoms with Crippen molar-refractivity contribution in [2.45, 2.75) is 66.5 Å². The van der Waals surface area contributed by atoms with Crippen LogP contribution in [0, 0.1) is 17.8 Å². The van der Waals surface area contributed by atoms with Crippen molar-refractivity contribution in [3.8, 4) is 0 Å². The molecule has 1 N–H and O–H groups in total. The number of nitrogens with zero attached hydrogens (tertiary/aromatic N) is 1. The third-order valence-electron chi connectivity index (χ3n) is 4.74. The van der Waals surface area contributed by atoms with Gasteiger partial charge in [-0.25, -0.2) is 0 Å². The Kier molecular flexibility index (Phi) is 6.65. The summed E-state index contributed by atoms with van der Waals surface area (Å²) in [5, 5.41) is 3.69. The summed E-state index contributed by atoms with van der Waals surface area (Å²) in [7, 11) is 0. The van der Waals surface area contributed by atoms with Crippen LogP contribution in [-0.2, 0) is 0 Å². The van der Waals surface area contributed by atoms with Crippen molar-refractivity contribution in [2.24, 2.45) is 17.8 Å². The minimum atomic E-state index is 0.702. The first-order valence-corrected chi connectivity index (χ1v) is 7.96. The average Bonchev–Trinajstić information content (AvgIpc) is 2.34. The monoisotopic (exact) mass is 254 g/mol. The van der Waals surface area contributed by atoms with Gasteiger partial charge < -0.3 is 5.32 Å². The van der Waals surface area contributed by atoms with Crippen LogP contribution < -0.4 is 5.32 Å². The van der Waals surface area contributed by atoms with Crippen LogP contribution in [0.5, 0.6) is 0 Å². The highest BCUT2D eigenvalue weighted by atomic mass is 15.2. The van der Waals surface area contributed by atoms with Gasteiger partial charge in [0, 0.05) is 31.7 Å². The molecule has 1 aliphatic heterocycles. The predicted molar refractivity (Wildman–Crippen MR) is 80.9 cm³/mol. The van der Waals surface area contributed by atoms with E-state index >= 15 is 0 Å². The number of piperazine rings is 1. The summed E-state index contributed by atoms with van der Waals surface area (Å²) in [5.41, 5.74) is 0. The Labute approximate surface area is 115 Å². The van der Waals surface area contributed by atoms with E-state index in [4.69, 9.17) is 0 Å². The third-order valence-corrected chi connectivity index (χ3v) is 4.74. The largest absolute Gasteiger partial charge is 0.311 e. The fourth-order valence-corrected chi connectivity index (χ4v) is 3.29. The molecule has 0 aromatic heterocycles. The topological polar surface area (TPSA) is 15.3 Å². The van der Waals surface area contributed by atoms with Crippen LogP contribution in [0.1, 0.15) is 54.4 Å². The minimum Gasteiger partial charge on any atom is -0.311 e. The standard InChI is InChI=1S/C16H34N2/c1-7-14-10-18(15(8-2)9-17-14)11-16(12(3)4)13(5)6/h12-17H,7-11H2,1-6H3. The second-order valence-corrected chi connectivity index (χ2v) is 6.68. The van der Waals surface area contributed by atoms with Crippen LogP contribution in [0.2, 0.25) is 0 Å². The molecule has 18 heavy (non-hydrogen) atoms. The molecule has 0 bridgehead atoms. The average molecular weight is 254 g/mol. The van der Waals surface area contributed by atoms with Gasteiger partial charge in [-0.3, -0.25) is 4.90 Å². The van der Waals surface area contributed by atoms with Crippen molar-refractivity contribution in [1.82, 2.24) is 10.2 Å². The molecule has 2 heteroatoms. The molecule has 1 aliphatic rings. The summed E-state index contributed by atoms with van der Waals surface area (Å²) < 4.78 is 0. The van der Waals surface area contributed by atoms with Crippen LogP contribution in [-0.4, -0.2) is 36.6 Å². The maximum Gasteiger partial charge on any atom is 0.0218 e. The van der Waals surface area contributed by atoms with Crippen LogP contribution >= 0.6 is 0 Å². The fraction of sp³-hybridized carbons (Fsp3) is 1.00. The van der Waals surface area contributed by atoms with Crippen molar-refractivity contribution in [1.29, 1.82) is 0 Å². The lowest BCUT2D eigenvalue weighted by Crippen LogP contribution is -2.57. The molecule has 1 rings (SSSR count). The molecule has 0 amide bonds. The maximum atomic E-state index is 3.69. The molecule has 2 unspecified atom stereocenters. The van der Waals surface area contributed by atoms with Crippen molar-refractivity contribution < 1.29 is 0 Å². The lowest BCUT2D eigenvalue weighted by molar-refractivity contribution is 0.0805. The maximum absolute atomic E-state index is 3.69. The zero-order valence-corrected chi connectivity index (χ0v) is 13.4. The molecule has 0 aromatic rings. The van der Waals surface area contributed by atoms with E-state index in [1.54, 1.807) is 0 Å². The van der Waals surface area contributed by atoms with Crippen LogP contribution in [0.25, 0.3) is 0 Å². The molecule has 0 aromatic carbocycles. The molecule has 2 nitrogen and oxygen atoms in total. The van der Waals surface area contributed by atoms with Crippen molar-refractivity contribution in [3.05, 3.63) is 0 Å². The van der Waals surface area contributed by atoms with Crippen LogP contribution in [0.15, 0.2) is 0 Å². The Hall–Kier alpha value is -0.0800. The summed E-state index contributed by atoms with van der Waals surface area (Å²) in [5.74, 6) is 2.41. The summed E-state index contributed by atoms with van der Waals surface area (Å²) in [6, 6.07) is 1.44. The first-order chi connectivity index (χ1) is 8.49. The molecule has 0 aliphatic carbocycles. The Bertz CT molecular complexity index is 217. The molecule has 0 spiro atoms. The van der Waals surface area contributed by atoms with E-state index in [0.29, 0.717) is 6.04 Å². The molecular weight excluding hydrogens is 220 g/mol. The highest BCUT2D eigenvalue weighted by Crippen LogP contribution is 2.24. The Morgan fingerprint density at radius 1 is 1.06 bits per heavy atom. The van der Waals surface area contributed by atoms with Gasteiger partial charge in [0.05, 0.1) is 0 Å². The summed E-state index contributed by atoms with van der Waals surface area (Å²) in [6.07, 6.45) is 2.52. The summed E-state index contributed by atoms with van der Waals surface area (Å²) in [6.45, 7) is 17.8. The van der Waals surface area contributed by atoms with E-state index in [1.165, 1.54) is 32.5 Å². The molecule has 1 saturated heterocycles. The van der Waals surface area contributed by atoms with Gasteiger partial charge in [0.15, 0.2) is 0 Å². The van der Waals surface area contributed by atoms with Crippen LogP contribution in [0.3, 0.4) is 0 Å². The lowest BCUT2D eigenvalue weighted by atomic mass is 9.84. The van der Waals surface area contributed by atoms with E-state index in [0.717, 1.165) is 23.8 Å². The second kappa shape index (κ2) is 7.49. The molecular formula is C16H34N2. The van der Waals surface area contributed by atoms with Gasteiger partial charge >= 0.3 is 0 Å². The Morgan fingerprint density at radius 2 is 1.67 bits per heavy atom. The number of rotatable bonds is 6. The molecule has 0 radical (unpaired) electrons. The van der Waals surface area contributed by atoms with Crippen LogP contribution in [0.4, 0.5) is 0 Å². The van der Waals surface area contributed by atoms with Gasteiger partial charge in [-0.05, 0) is 30.6 Å². The van der Waals surface area contributed by atoms with Gasteiger partial charge in [-0.2, -0.15) is 0 Å². The molecule has 1 fully saturated rings. The molecule has 0 saturated carbocycles. The first kappa shape index (κ1) is 16.0. The van der Waals surface area contributed by atoms with Gasteiger partial charge in [0.1, 0.15) is 0 Å². The number of hydrogen-bond acceptors (Lipinski definition) is 2. The van der Waals surface area contributed by atoms with Gasteiger partial charge in [-0.1, -0.05) is 41.5 Å². The van der Waals surface area contributed by atoms with E-state index in [2.05, 4.69) is 51.8 Å². The number of hydrogen-bond donors (Lipinski definition) is 1. The summed E-state index contributed by atoms with van der Waals surface area (Å²) >= 11 is 0. The van der Waals surface area contributed by atoms with Gasteiger partial charge in [0.25, 0.3) is 0 Å². The van der Waals surface area contributed by atoms with Crippen molar-refractivity contribution in [2.75, 3.05) is 19.6 Å².